The summed E-state index contributed by atoms with van der Waals surface area (Å²) in [7, 11) is 5.53. The first kappa shape index (κ1) is 24.9. The highest BCUT2D eigenvalue weighted by Crippen LogP contribution is 2.45. The van der Waals surface area contributed by atoms with Crippen LogP contribution in [0.5, 0.6) is 5.75 Å². The Morgan fingerprint density at radius 2 is 2.06 bits per heavy atom. The van der Waals surface area contributed by atoms with Crippen molar-refractivity contribution < 1.29 is 19.1 Å². The van der Waals surface area contributed by atoms with E-state index in [2.05, 4.69) is 10.3 Å². The van der Waals surface area contributed by atoms with Gasteiger partial charge in [-0.3, -0.25) is 4.79 Å². The van der Waals surface area contributed by atoms with E-state index in [4.69, 9.17) is 9.47 Å². The number of carbonyl (C=O) groups excluding carboxylic acids is 2. The predicted octanol–water partition coefficient (Wildman–Crippen LogP) is 3.29. The highest BCUT2D eigenvalue weighted by Gasteiger charge is 2.41. The SMILES string of the molecule is COc1cccc(C2C(C(=O)OC(C)C)=C(C)N=C3SC=C(CC(=O)NCCN(C)C)N32)c1. The van der Waals surface area contributed by atoms with E-state index in [1.165, 1.54) is 11.8 Å². The average molecular weight is 473 g/mol. The van der Waals surface area contributed by atoms with Crippen LogP contribution in [0.3, 0.4) is 0 Å². The van der Waals surface area contributed by atoms with Crippen molar-refractivity contribution in [3.63, 3.8) is 0 Å². The van der Waals surface area contributed by atoms with Crippen molar-refractivity contribution in [3.8, 4) is 5.75 Å². The van der Waals surface area contributed by atoms with Crippen LogP contribution in [-0.2, 0) is 14.3 Å². The highest BCUT2D eigenvalue weighted by molar-refractivity contribution is 8.16. The summed E-state index contributed by atoms with van der Waals surface area (Å²) in [4.78, 5) is 34.5. The number of carbonyl (C=O) groups is 2. The second-order valence-corrected chi connectivity index (χ2v) is 9.29. The van der Waals surface area contributed by atoms with E-state index in [1.54, 1.807) is 7.11 Å². The van der Waals surface area contributed by atoms with Crippen LogP contribution in [0.25, 0.3) is 0 Å². The second-order valence-electron chi connectivity index (χ2n) is 8.45. The van der Waals surface area contributed by atoms with Gasteiger partial charge in [0.15, 0.2) is 5.17 Å². The van der Waals surface area contributed by atoms with Crippen LogP contribution in [0, 0.1) is 0 Å². The number of hydrogen-bond acceptors (Lipinski definition) is 8. The number of thioether (sulfide) groups is 1. The zero-order chi connectivity index (χ0) is 24.1. The number of nitrogens with zero attached hydrogens (tertiary/aromatic N) is 3. The smallest absolute Gasteiger partial charge is 0.338 e. The van der Waals surface area contributed by atoms with Crippen molar-refractivity contribution >= 4 is 28.8 Å². The van der Waals surface area contributed by atoms with Gasteiger partial charge in [0.05, 0.1) is 36.9 Å². The van der Waals surface area contributed by atoms with Crippen LogP contribution in [0.1, 0.15) is 38.8 Å². The molecule has 33 heavy (non-hydrogen) atoms. The van der Waals surface area contributed by atoms with Gasteiger partial charge in [-0.05, 0) is 58.0 Å². The fourth-order valence-corrected chi connectivity index (χ4v) is 4.65. The number of amides is 1. The van der Waals surface area contributed by atoms with Crippen molar-refractivity contribution in [2.75, 3.05) is 34.3 Å². The minimum Gasteiger partial charge on any atom is -0.497 e. The molecule has 0 radical (unpaired) electrons. The van der Waals surface area contributed by atoms with Crippen LogP contribution >= 0.6 is 11.8 Å². The summed E-state index contributed by atoms with van der Waals surface area (Å²) in [5.74, 6) is 0.196. The summed E-state index contributed by atoms with van der Waals surface area (Å²) >= 11 is 1.45. The van der Waals surface area contributed by atoms with E-state index in [-0.39, 0.29) is 18.4 Å². The number of methoxy groups -OCH3 is 1. The lowest BCUT2D eigenvalue weighted by molar-refractivity contribution is -0.143. The number of nitrogens with one attached hydrogen (secondary N) is 1. The van der Waals surface area contributed by atoms with Crippen molar-refractivity contribution in [3.05, 3.63) is 52.2 Å². The van der Waals surface area contributed by atoms with E-state index in [1.807, 2.05) is 74.3 Å². The predicted molar refractivity (Wildman–Crippen MR) is 131 cm³/mol. The summed E-state index contributed by atoms with van der Waals surface area (Å²) in [5.41, 5.74) is 2.72. The molecule has 0 bridgehead atoms. The van der Waals surface area contributed by atoms with Gasteiger partial charge in [-0.2, -0.15) is 0 Å². The number of fused-ring (bicyclic) bond motifs is 1. The first-order valence-corrected chi connectivity index (χ1v) is 11.8. The first-order chi connectivity index (χ1) is 15.7. The molecule has 178 valence electrons. The molecule has 0 aliphatic carbocycles. The maximum absolute atomic E-state index is 13.2. The number of aliphatic imine (C=N–C) groups is 1. The third kappa shape index (κ3) is 5.97. The van der Waals surface area contributed by atoms with Crippen molar-refractivity contribution in [2.45, 2.75) is 39.3 Å². The Kier molecular flexibility index (Phi) is 8.20. The summed E-state index contributed by atoms with van der Waals surface area (Å²) in [6.07, 6.45) is -0.0783. The molecule has 1 atom stereocenters. The Morgan fingerprint density at radius 1 is 1.30 bits per heavy atom. The zero-order valence-electron chi connectivity index (χ0n) is 20.0. The topological polar surface area (TPSA) is 83.5 Å². The Bertz CT molecular complexity index is 1000. The third-order valence-corrected chi connectivity index (χ3v) is 6.08. The molecule has 2 aliphatic heterocycles. The molecule has 2 heterocycles. The number of likely N-dealkylation sites (N-methyl/N-ethyl adjacent to an activating group) is 1. The highest BCUT2D eigenvalue weighted by atomic mass is 32.2. The molecule has 1 amide bonds. The van der Waals surface area contributed by atoms with Crippen molar-refractivity contribution in [1.82, 2.24) is 15.1 Å². The van der Waals surface area contributed by atoms with Gasteiger partial charge >= 0.3 is 5.97 Å². The average Bonchev–Trinajstić information content (AvgIpc) is 3.13. The van der Waals surface area contributed by atoms with Crippen LogP contribution in [-0.4, -0.2) is 67.2 Å². The molecular formula is C24H32N4O4S. The molecule has 1 unspecified atom stereocenters. The molecular weight excluding hydrogens is 440 g/mol. The molecule has 8 nitrogen and oxygen atoms in total. The van der Waals surface area contributed by atoms with Crippen molar-refractivity contribution in [2.24, 2.45) is 4.99 Å². The molecule has 3 rings (SSSR count). The third-order valence-electron chi connectivity index (χ3n) is 5.20. The van der Waals surface area contributed by atoms with E-state index in [0.29, 0.717) is 23.6 Å². The Balaban J connectivity index is 1.95. The number of rotatable bonds is 9. The molecule has 0 spiro atoms. The molecule has 1 aromatic carbocycles. The summed E-state index contributed by atoms with van der Waals surface area (Å²) in [6.45, 7) is 6.79. The van der Waals surface area contributed by atoms with Gasteiger partial charge < -0.3 is 24.6 Å². The quantitative estimate of drug-likeness (QED) is 0.552. The van der Waals surface area contributed by atoms with Gasteiger partial charge in [0.2, 0.25) is 5.91 Å². The lowest BCUT2D eigenvalue weighted by atomic mass is 9.93. The number of allylic oxidation sites excluding steroid dienone is 1. The van der Waals surface area contributed by atoms with E-state index in [0.717, 1.165) is 23.0 Å². The molecule has 1 N–H and O–H groups in total. The Hall–Kier alpha value is -2.78. The minimum atomic E-state index is -0.477. The number of amidine groups is 1. The lowest BCUT2D eigenvalue weighted by Crippen LogP contribution is -2.39. The Labute approximate surface area is 199 Å². The van der Waals surface area contributed by atoms with Crippen LogP contribution in [0.2, 0.25) is 0 Å². The molecule has 2 aliphatic rings. The largest absolute Gasteiger partial charge is 0.497 e. The fraction of sp³-hybridized carbons (Fsp3) is 0.458. The maximum atomic E-state index is 13.2. The van der Waals surface area contributed by atoms with Crippen molar-refractivity contribution in [1.29, 1.82) is 0 Å². The monoisotopic (exact) mass is 472 g/mol. The van der Waals surface area contributed by atoms with Crippen LogP contribution < -0.4 is 10.1 Å². The first-order valence-electron chi connectivity index (χ1n) is 10.9. The fourth-order valence-electron chi connectivity index (χ4n) is 3.68. The van der Waals surface area contributed by atoms with Gasteiger partial charge in [0, 0.05) is 18.8 Å². The maximum Gasteiger partial charge on any atom is 0.338 e. The zero-order valence-corrected chi connectivity index (χ0v) is 20.9. The Morgan fingerprint density at radius 3 is 2.73 bits per heavy atom. The van der Waals surface area contributed by atoms with E-state index < -0.39 is 12.0 Å². The van der Waals surface area contributed by atoms with Gasteiger partial charge in [0.1, 0.15) is 5.75 Å². The lowest BCUT2D eigenvalue weighted by Gasteiger charge is -2.36. The summed E-state index contributed by atoms with van der Waals surface area (Å²) in [6, 6.07) is 7.12. The normalized spacial score (nSPS) is 17.7. The minimum absolute atomic E-state index is 0.0769. The molecule has 0 saturated heterocycles. The number of esters is 1. The standard InChI is InChI=1S/C24H32N4O4S/c1-15(2)32-23(30)21-16(3)26-24-28(22(21)17-8-7-9-19(12-17)31-6)18(14-33-24)13-20(29)25-10-11-27(4)5/h7-9,12,14-15,22H,10-11,13H2,1-6H3,(H,25,29). The summed E-state index contributed by atoms with van der Waals surface area (Å²) in [5, 5.41) is 5.62. The van der Waals surface area contributed by atoms with E-state index >= 15 is 0 Å². The molecule has 9 heteroatoms. The van der Waals surface area contributed by atoms with Gasteiger partial charge in [-0.25, -0.2) is 9.79 Å². The number of hydrogen-bond donors (Lipinski definition) is 1. The van der Waals surface area contributed by atoms with Gasteiger partial charge in [0.25, 0.3) is 0 Å². The molecule has 0 fully saturated rings. The van der Waals surface area contributed by atoms with Crippen LogP contribution in [0.4, 0.5) is 0 Å². The summed E-state index contributed by atoms with van der Waals surface area (Å²) < 4.78 is 11.0. The van der Waals surface area contributed by atoms with Crippen LogP contribution in [0.15, 0.2) is 51.6 Å². The van der Waals surface area contributed by atoms with Gasteiger partial charge in [-0.15, -0.1) is 0 Å². The molecule has 0 aromatic heterocycles. The second kappa shape index (κ2) is 10.9. The molecule has 0 saturated carbocycles. The number of ether oxygens (including phenoxy) is 2. The number of benzene rings is 1. The van der Waals surface area contributed by atoms with Gasteiger partial charge in [-0.1, -0.05) is 23.9 Å². The molecule has 1 aromatic rings. The van der Waals surface area contributed by atoms with E-state index in [9.17, 15) is 9.59 Å².